The Labute approximate surface area is 108 Å². The van der Waals surface area contributed by atoms with Crippen molar-refractivity contribution < 1.29 is 9.21 Å². The van der Waals surface area contributed by atoms with Crippen LogP contribution < -0.4 is 5.32 Å². The molecular weight excluding hydrogens is 240 g/mol. The maximum absolute atomic E-state index is 11.9. The number of rotatable bonds is 3. The van der Waals surface area contributed by atoms with E-state index in [4.69, 9.17) is 4.42 Å². The molecule has 1 aliphatic heterocycles. The number of likely N-dealkylation sites (N-methyl/N-ethyl adjacent to an activating group) is 1. The van der Waals surface area contributed by atoms with Crippen molar-refractivity contribution in [1.82, 2.24) is 10.2 Å². The maximum Gasteiger partial charge on any atom is 0.237 e. The Morgan fingerprint density at radius 3 is 2.94 bits per heavy atom. The molecule has 0 spiro atoms. The van der Waals surface area contributed by atoms with E-state index in [9.17, 15) is 4.79 Å². The van der Waals surface area contributed by atoms with Crippen molar-refractivity contribution >= 4 is 18.3 Å². The Hall–Kier alpha value is -1.00. The van der Waals surface area contributed by atoms with E-state index in [2.05, 4.69) is 5.32 Å². The lowest BCUT2D eigenvalue weighted by molar-refractivity contribution is -0.131. The summed E-state index contributed by atoms with van der Waals surface area (Å²) in [4.78, 5) is 13.8. The summed E-state index contributed by atoms with van der Waals surface area (Å²) >= 11 is 0. The summed E-state index contributed by atoms with van der Waals surface area (Å²) in [6.07, 6.45) is 2.06. The Kier molecular flexibility index (Phi) is 5.02. The smallest absolute Gasteiger partial charge is 0.237 e. The van der Waals surface area contributed by atoms with Gasteiger partial charge in [0.15, 0.2) is 0 Å². The third-order valence-corrected chi connectivity index (χ3v) is 2.99. The molecule has 0 aliphatic carbocycles. The number of nitrogens with zero attached hydrogens (tertiary/aromatic N) is 1. The number of furan rings is 1. The second-order valence-corrected chi connectivity index (χ2v) is 4.22. The van der Waals surface area contributed by atoms with Crippen molar-refractivity contribution in [3.63, 3.8) is 0 Å². The lowest BCUT2D eigenvalue weighted by atomic mass is 10.1. The van der Waals surface area contributed by atoms with Crippen LogP contribution in [0.25, 0.3) is 0 Å². The molecule has 0 aromatic carbocycles. The minimum absolute atomic E-state index is 0. The summed E-state index contributed by atoms with van der Waals surface area (Å²) in [5, 5.41) is 2.90. The van der Waals surface area contributed by atoms with Gasteiger partial charge in [0.1, 0.15) is 11.5 Å². The summed E-state index contributed by atoms with van der Waals surface area (Å²) < 4.78 is 5.61. The van der Waals surface area contributed by atoms with Gasteiger partial charge >= 0.3 is 0 Å². The van der Waals surface area contributed by atoms with Crippen LogP contribution in [-0.4, -0.2) is 30.9 Å². The van der Waals surface area contributed by atoms with Crippen molar-refractivity contribution in [3.8, 4) is 0 Å². The van der Waals surface area contributed by atoms with Crippen molar-refractivity contribution in [2.24, 2.45) is 0 Å². The molecule has 0 radical (unpaired) electrons. The van der Waals surface area contributed by atoms with Crippen molar-refractivity contribution in [2.75, 3.05) is 20.1 Å². The van der Waals surface area contributed by atoms with Gasteiger partial charge in [-0.15, -0.1) is 12.4 Å². The van der Waals surface area contributed by atoms with Crippen LogP contribution in [0.3, 0.4) is 0 Å². The van der Waals surface area contributed by atoms with Crippen LogP contribution in [0.1, 0.15) is 30.4 Å². The van der Waals surface area contributed by atoms with Gasteiger partial charge in [-0.1, -0.05) is 0 Å². The molecule has 1 aromatic rings. The minimum atomic E-state index is 0. The lowest BCUT2D eigenvalue weighted by Gasteiger charge is -2.23. The summed E-state index contributed by atoms with van der Waals surface area (Å²) in [6, 6.07) is 4.06. The first-order valence-corrected chi connectivity index (χ1v) is 5.73. The molecule has 5 heteroatoms. The highest BCUT2D eigenvalue weighted by molar-refractivity contribution is 5.85. The molecule has 1 unspecified atom stereocenters. The van der Waals surface area contributed by atoms with Gasteiger partial charge in [0.05, 0.1) is 12.6 Å². The van der Waals surface area contributed by atoms with Gasteiger partial charge < -0.3 is 14.6 Å². The normalized spacial score (nSPS) is 19.2. The molecule has 96 valence electrons. The van der Waals surface area contributed by atoms with E-state index in [1.54, 1.807) is 7.05 Å². The van der Waals surface area contributed by atoms with E-state index in [1.165, 1.54) is 0 Å². The Bertz CT molecular complexity index is 378. The van der Waals surface area contributed by atoms with Crippen LogP contribution in [0, 0.1) is 6.92 Å². The van der Waals surface area contributed by atoms with E-state index in [1.807, 2.05) is 24.0 Å². The summed E-state index contributed by atoms with van der Waals surface area (Å²) in [5.41, 5.74) is 0. The Morgan fingerprint density at radius 2 is 2.35 bits per heavy atom. The van der Waals surface area contributed by atoms with Crippen LogP contribution in [0.15, 0.2) is 16.5 Å². The third kappa shape index (κ3) is 3.01. The minimum Gasteiger partial charge on any atom is -0.464 e. The van der Waals surface area contributed by atoms with E-state index >= 15 is 0 Å². The molecule has 2 heterocycles. The molecule has 2 rings (SSSR count). The molecule has 1 aliphatic rings. The molecule has 1 atom stereocenters. The highest BCUT2D eigenvalue weighted by Gasteiger charge is 2.31. The molecule has 1 N–H and O–H groups in total. The number of nitrogens with one attached hydrogen (secondary N) is 1. The summed E-state index contributed by atoms with van der Waals surface area (Å²) in [6.45, 7) is 3.17. The number of aryl methyl sites for hydroxylation is 1. The van der Waals surface area contributed by atoms with Gasteiger partial charge in [-0.25, -0.2) is 0 Å². The Morgan fingerprint density at radius 1 is 1.59 bits per heavy atom. The monoisotopic (exact) mass is 258 g/mol. The first-order valence-electron chi connectivity index (χ1n) is 5.73. The standard InChI is InChI=1S/C12H18N2O2.ClH/c1-9-5-6-11(16-9)10-4-3-7-14(10)12(15)8-13-2;/h5-6,10,13H,3-4,7-8H2,1-2H3;1H. The molecule has 0 bridgehead atoms. The van der Waals surface area contributed by atoms with Crippen LogP contribution in [0.5, 0.6) is 0 Å². The molecular formula is C12H19ClN2O2. The number of halogens is 1. The first-order chi connectivity index (χ1) is 7.72. The van der Waals surface area contributed by atoms with Crippen LogP contribution in [-0.2, 0) is 4.79 Å². The fourth-order valence-corrected chi connectivity index (χ4v) is 2.25. The van der Waals surface area contributed by atoms with E-state index in [-0.39, 0.29) is 24.4 Å². The zero-order valence-corrected chi connectivity index (χ0v) is 11.0. The predicted molar refractivity (Wildman–Crippen MR) is 68.3 cm³/mol. The fourth-order valence-electron chi connectivity index (χ4n) is 2.25. The van der Waals surface area contributed by atoms with Gasteiger partial charge in [-0.3, -0.25) is 4.79 Å². The van der Waals surface area contributed by atoms with Gasteiger partial charge in [-0.2, -0.15) is 0 Å². The third-order valence-electron chi connectivity index (χ3n) is 2.99. The molecule has 1 fully saturated rings. The number of carbonyl (C=O) groups excluding carboxylic acids is 1. The molecule has 4 nitrogen and oxygen atoms in total. The molecule has 17 heavy (non-hydrogen) atoms. The maximum atomic E-state index is 11.9. The molecule has 1 aromatic heterocycles. The van der Waals surface area contributed by atoms with Crippen molar-refractivity contribution in [1.29, 1.82) is 0 Å². The number of likely N-dealkylation sites (tertiary alicyclic amines) is 1. The molecule has 1 saturated heterocycles. The summed E-state index contributed by atoms with van der Waals surface area (Å²) in [7, 11) is 1.79. The quantitative estimate of drug-likeness (QED) is 0.901. The zero-order valence-electron chi connectivity index (χ0n) is 10.2. The number of amides is 1. The predicted octanol–water partition coefficient (Wildman–Crippen LogP) is 1.89. The largest absolute Gasteiger partial charge is 0.464 e. The van der Waals surface area contributed by atoms with E-state index < -0.39 is 0 Å². The van der Waals surface area contributed by atoms with Gasteiger partial charge in [0.25, 0.3) is 0 Å². The average molecular weight is 259 g/mol. The zero-order chi connectivity index (χ0) is 11.5. The molecule has 0 saturated carbocycles. The average Bonchev–Trinajstić information content (AvgIpc) is 2.85. The highest BCUT2D eigenvalue weighted by Crippen LogP contribution is 2.32. The fraction of sp³-hybridized carbons (Fsp3) is 0.583. The summed E-state index contributed by atoms with van der Waals surface area (Å²) in [5.74, 6) is 1.97. The second-order valence-electron chi connectivity index (χ2n) is 4.22. The van der Waals surface area contributed by atoms with Crippen molar-refractivity contribution in [2.45, 2.75) is 25.8 Å². The van der Waals surface area contributed by atoms with Gasteiger partial charge in [0, 0.05) is 6.54 Å². The van der Waals surface area contributed by atoms with Gasteiger partial charge in [0.2, 0.25) is 5.91 Å². The first kappa shape index (κ1) is 14.1. The van der Waals surface area contributed by atoms with Crippen LogP contribution in [0.4, 0.5) is 0 Å². The second kappa shape index (κ2) is 6.07. The lowest BCUT2D eigenvalue weighted by Crippen LogP contribution is -2.36. The highest BCUT2D eigenvalue weighted by atomic mass is 35.5. The van der Waals surface area contributed by atoms with Gasteiger partial charge in [-0.05, 0) is 38.9 Å². The number of hydrogen-bond acceptors (Lipinski definition) is 3. The number of hydrogen-bond donors (Lipinski definition) is 1. The van der Waals surface area contributed by atoms with E-state index in [0.29, 0.717) is 6.54 Å². The Balaban J connectivity index is 0.00000144. The SMILES string of the molecule is CNCC(=O)N1CCCC1c1ccc(C)o1.Cl. The molecule has 1 amide bonds. The topological polar surface area (TPSA) is 45.5 Å². The van der Waals surface area contributed by atoms with Crippen LogP contribution in [0.2, 0.25) is 0 Å². The van der Waals surface area contributed by atoms with Crippen LogP contribution >= 0.6 is 12.4 Å². The number of carbonyl (C=O) groups is 1. The van der Waals surface area contributed by atoms with E-state index in [0.717, 1.165) is 30.9 Å². The van der Waals surface area contributed by atoms with Crippen molar-refractivity contribution in [3.05, 3.63) is 23.7 Å².